The highest BCUT2D eigenvalue weighted by Crippen LogP contribution is 2.42. The average Bonchev–Trinajstić information content (AvgIpc) is 2.10. The Bertz CT molecular complexity index is 154. The summed E-state index contributed by atoms with van der Waals surface area (Å²) in [5.41, 5.74) is 0. The second-order valence-corrected chi connectivity index (χ2v) is 5.71. The van der Waals surface area contributed by atoms with E-state index in [1.165, 1.54) is 25.8 Å². The molecule has 0 radical (unpaired) electrons. The molecule has 1 atom stereocenters. The van der Waals surface area contributed by atoms with Crippen molar-refractivity contribution in [2.45, 2.75) is 30.9 Å². The molecule has 1 N–H and O–H groups in total. The van der Waals surface area contributed by atoms with E-state index in [-0.39, 0.29) is 0 Å². The molecule has 1 aliphatic carbocycles. The normalized spacial score (nSPS) is 21.6. The van der Waals surface area contributed by atoms with Gasteiger partial charge in [0.25, 0.3) is 0 Å². The van der Waals surface area contributed by atoms with E-state index in [0.717, 1.165) is 13.2 Å². The first-order valence-corrected chi connectivity index (χ1v) is 6.70. The van der Waals surface area contributed by atoms with Crippen LogP contribution in [0.15, 0.2) is 0 Å². The first-order chi connectivity index (χ1) is 6.72. The lowest BCUT2D eigenvalue weighted by Crippen LogP contribution is -2.44. The molecule has 1 unspecified atom stereocenters. The molecule has 0 heterocycles. The maximum absolute atomic E-state index is 5.11. The molecule has 0 aromatic carbocycles. The van der Waals surface area contributed by atoms with Gasteiger partial charge in [-0.3, -0.25) is 0 Å². The predicted molar refractivity (Wildman–Crippen MR) is 64.0 cm³/mol. The fourth-order valence-electron chi connectivity index (χ4n) is 1.91. The van der Waals surface area contributed by atoms with Crippen molar-refractivity contribution in [3.63, 3.8) is 0 Å². The third-order valence-electron chi connectivity index (χ3n) is 3.09. The van der Waals surface area contributed by atoms with Crippen LogP contribution in [0.4, 0.5) is 0 Å². The Labute approximate surface area is 92.2 Å². The maximum atomic E-state index is 5.11. The Morgan fingerprint density at radius 1 is 1.50 bits per heavy atom. The van der Waals surface area contributed by atoms with E-state index < -0.39 is 0 Å². The number of thioether (sulfide) groups is 1. The van der Waals surface area contributed by atoms with E-state index in [0.29, 0.717) is 10.7 Å². The fourth-order valence-corrected chi connectivity index (χ4v) is 2.86. The van der Waals surface area contributed by atoms with Crippen LogP contribution in [0.2, 0.25) is 0 Å². The third-order valence-corrected chi connectivity index (χ3v) is 4.51. The molecule has 0 aliphatic heterocycles. The SMILES string of the molecule is COCC(C)CNCC1(SC)CCC1. The third kappa shape index (κ3) is 3.44. The zero-order valence-electron chi connectivity index (χ0n) is 9.64. The van der Waals surface area contributed by atoms with Crippen molar-refractivity contribution in [1.82, 2.24) is 5.32 Å². The number of hydrogen-bond acceptors (Lipinski definition) is 3. The van der Waals surface area contributed by atoms with Crippen LogP contribution in [-0.4, -0.2) is 37.8 Å². The van der Waals surface area contributed by atoms with E-state index in [1.54, 1.807) is 7.11 Å². The topological polar surface area (TPSA) is 21.3 Å². The number of hydrogen-bond donors (Lipinski definition) is 1. The smallest absolute Gasteiger partial charge is 0.0499 e. The molecule has 3 heteroatoms. The van der Waals surface area contributed by atoms with Gasteiger partial charge >= 0.3 is 0 Å². The fraction of sp³-hybridized carbons (Fsp3) is 1.00. The van der Waals surface area contributed by atoms with E-state index in [4.69, 9.17) is 4.74 Å². The Morgan fingerprint density at radius 3 is 2.64 bits per heavy atom. The van der Waals surface area contributed by atoms with Gasteiger partial charge in [-0.25, -0.2) is 0 Å². The van der Waals surface area contributed by atoms with Crippen LogP contribution in [0.5, 0.6) is 0 Å². The number of rotatable bonds is 7. The number of methoxy groups -OCH3 is 1. The lowest BCUT2D eigenvalue weighted by Gasteiger charge is -2.40. The first kappa shape index (κ1) is 12.3. The zero-order valence-corrected chi connectivity index (χ0v) is 10.5. The summed E-state index contributed by atoms with van der Waals surface area (Å²) in [5, 5.41) is 3.56. The Hall–Kier alpha value is 0.270. The van der Waals surface area contributed by atoms with Crippen LogP contribution >= 0.6 is 11.8 Å². The molecular weight excluding hydrogens is 194 g/mol. The molecule has 0 aromatic heterocycles. The highest BCUT2D eigenvalue weighted by Gasteiger charge is 2.35. The maximum Gasteiger partial charge on any atom is 0.0499 e. The van der Waals surface area contributed by atoms with Crippen molar-refractivity contribution < 1.29 is 4.74 Å². The molecule has 0 amide bonds. The zero-order chi connectivity index (χ0) is 10.4. The second kappa shape index (κ2) is 5.99. The van der Waals surface area contributed by atoms with Crippen LogP contribution in [0.3, 0.4) is 0 Å². The summed E-state index contributed by atoms with van der Waals surface area (Å²) in [7, 11) is 1.77. The largest absolute Gasteiger partial charge is 0.384 e. The number of ether oxygens (including phenoxy) is 1. The summed E-state index contributed by atoms with van der Waals surface area (Å²) in [6, 6.07) is 0. The summed E-state index contributed by atoms with van der Waals surface area (Å²) in [6.07, 6.45) is 6.43. The van der Waals surface area contributed by atoms with Crippen molar-refractivity contribution >= 4 is 11.8 Å². The molecule has 1 rings (SSSR count). The van der Waals surface area contributed by atoms with Crippen LogP contribution in [-0.2, 0) is 4.74 Å². The summed E-state index contributed by atoms with van der Waals surface area (Å²) in [5.74, 6) is 0.624. The summed E-state index contributed by atoms with van der Waals surface area (Å²) < 4.78 is 5.67. The minimum Gasteiger partial charge on any atom is -0.384 e. The van der Waals surface area contributed by atoms with Gasteiger partial charge in [0.1, 0.15) is 0 Å². The molecule has 1 fully saturated rings. The monoisotopic (exact) mass is 217 g/mol. The predicted octanol–water partition coefficient (Wildman–Crippen LogP) is 2.14. The van der Waals surface area contributed by atoms with Crippen LogP contribution in [0, 0.1) is 5.92 Å². The van der Waals surface area contributed by atoms with Gasteiger partial charge in [0.15, 0.2) is 0 Å². The Balaban J connectivity index is 2.08. The van der Waals surface area contributed by atoms with Crippen LogP contribution < -0.4 is 5.32 Å². The van der Waals surface area contributed by atoms with Crippen LogP contribution in [0.1, 0.15) is 26.2 Å². The van der Waals surface area contributed by atoms with Crippen molar-refractivity contribution in [2.75, 3.05) is 33.1 Å². The Kier molecular flexibility index (Phi) is 5.28. The molecule has 2 nitrogen and oxygen atoms in total. The van der Waals surface area contributed by atoms with Gasteiger partial charge in [-0.2, -0.15) is 11.8 Å². The molecule has 1 aliphatic rings. The van der Waals surface area contributed by atoms with Crippen molar-refractivity contribution in [1.29, 1.82) is 0 Å². The molecule has 0 spiro atoms. The lowest BCUT2D eigenvalue weighted by molar-refractivity contribution is 0.157. The minimum absolute atomic E-state index is 0.562. The van der Waals surface area contributed by atoms with Gasteiger partial charge in [-0.15, -0.1) is 0 Å². The van der Waals surface area contributed by atoms with E-state index in [1.807, 2.05) is 11.8 Å². The van der Waals surface area contributed by atoms with Gasteiger partial charge in [-0.05, 0) is 31.6 Å². The lowest BCUT2D eigenvalue weighted by atomic mass is 9.84. The molecule has 0 aromatic rings. The molecule has 1 saturated carbocycles. The molecule has 0 bridgehead atoms. The first-order valence-electron chi connectivity index (χ1n) is 5.47. The van der Waals surface area contributed by atoms with Gasteiger partial charge in [-0.1, -0.05) is 13.3 Å². The molecule has 14 heavy (non-hydrogen) atoms. The molecule has 0 saturated heterocycles. The van der Waals surface area contributed by atoms with Crippen molar-refractivity contribution in [3.05, 3.63) is 0 Å². The highest BCUT2D eigenvalue weighted by atomic mass is 32.2. The second-order valence-electron chi connectivity index (χ2n) is 4.43. The highest BCUT2D eigenvalue weighted by molar-refractivity contribution is 8.00. The van der Waals surface area contributed by atoms with Crippen molar-refractivity contribution in [3.8, 4) is 0 Å². The van der Waals surface area contributed by atoms with E-state index >= 15 is 0 Å². The minimum atomic E-state index is 0.562. The summed E-state index contributed by atoms with van der Waals surface area (Å²) in [6.45, 7) is 5.33. The van der Waals surface area contributed by atoms with Crippen molar-refractivity contribution in [2.24, 2.45) is 5.92 Å². The Morgan fingerprint density at radius 2 is 2.21 bits per heavy atom. The average molecular weight is 217 g/mol. The number of nitrogens with one attached hydrogen (secondary N) is 1. The van der Waals surface area contributed by atoms with Gasteiger partial charge in [0, 0.05) is 25.0 Å². The van der Waals surface area contributed by atoms with Gasteiger partial charge in [0.05, 0.1) is 0 Å². The quantitative estimate of drug-likeness (QED) is 0.706. The standard InChI is InChI=1S/C11H23NOS/c1-10(8-13-2)7-12-9-11(14-3)5-4-6-11/h10,12H,4-9H2,1-3H3. The van der Waals surface area contributed by atoms with Crippen LogP contribution in [0.25, 0.3) is 0 Å². The molecular formula is C11H23NOS. The summed E-state index contributed by atoms with van der Waals surface area (Å²) in [4.78, 5) is 0. The van der Waals surface area contributed by atoms with Gasteiger partial charge < -0.3 is 10.1 Å². The van der Waals surface area contributed by atoms with Gasteiger partial charge in [0.2, 0.25) is 0 Å². The van der Waals surface area contributed by atoms with E-state index in [9.17, 15) is 0 Å². The summed E-state index contributed by atoms with van der Waals surface area (Å²) >= 11 is 2.03. The molecule has 84 valence electrons. The van der Waals surface area contributed by atoms with E-state index in [2.05, 4.69) is 18.5 Å².